The van der Waals surface area contributed by atoms with E-state index in [9.17, 15) is 10.1 Å². The Bertz CT molecular complexity index is 672. The summed E-state index contributed by atoms with van der Waals surface area (Å²) >= 11 is 5.86. The molecule has 0 amide bonds. The molecular formula is C15H12ClNO3. The zero-order chi connectivity index (χ0) is 14.1. The quantitative estimate of drug-likeness (QED) is 0.632. The Morgan fingerprint density at radius 1 is 1.30 bits per heavy atom. The molecule has 1 aliphatic rings. The summed E-state index contributed by atoms with van der Waals surface area (Å²) < 4.78 is 5.61. The van der Waals surface area contributed by atoms with E-state index in [4.69, 9.17) is 16.3 Å². The summed E-state index contributed by atoms with van der Waals surface area (Å²) in [5.41, 5.74) is 2.53. The molecule has 0 saturated carbocycles. The van der Waals surface area contributed by atoms with Gasteiger partial charge in [0.15, 0.2) is 5.75 Å². The van der Waals surface area contributed by atoms with Crippen molar-refractivity contribution in [3.8, 4) is 5.75 Å². The van der Waals surface area contributed by atoms with E-state index in [1.165, 1.54) is 29.3 Å². The molecule has 20 heavy (non-hydrogen) atoms. The van der Waals surface area contributed by atoms with Crippen molar-refractivity contribution in [3.05, 3.63) is 68.7 Å². The van der Waals surface area contributed by atoms with Gasteiger partial charge in [-0.05, 0) is 23.6 Å². The van der Waals surface area contributed by atoms with Gasteiger partial charge in [-0.15, -0.1) is 0 Å². The summed E-state index contributed by atoms with van der Waals surface area (Å²) in [4.78, 5) is 10.5. The van der Waals surface area contributed by atoms with Gasteiger partial charge in [0.05, 0.1) is 11.5 Å². The van der Waals surface area contributed by atoms with Crippen LogP contribution < -0.4 is 4.74 Å². The van der Waals surface area contributed by atoms with Crippen LogP contribution in [0.2, 0.25) is 5.02 Å². The zero-order valence-electron chi connectivity index (χ0n) is 10.6. The Hall–Kier alpha value is -2.07. The molecule has 0 bridgehead atoms. The van der Waals surface area contributed by atoms with Gasteiger partial charge in [0.25, 0.3) is 0 Å². The molecule has 0 saturated heterocycles. The lowest BCUT2D eigenvalue weighted by Gasteiger charge is -2.29. The van der Waals surface area contributed by atoms with E-state index in [1.54, 1.807) is 0 Å². The van der Waals surface area contributed by atoms with Gasteiger partial charge in [0, 0.05) is 23.1 Å². The fraction of sp³-hybridized carbons (Fsp3) is 0.200. The van der Waals surface area contributed by atoms with Crippen LogP contribution in [0.15, 0.2) is 42.5 Å². The van der Waals surface area contributed by atoms with Gasteiger partial charge in [-0.2, -0.15) is 0 Å². The van der Waals surface area contributed by atoms with Crippen molar-refractivity contribution in [3.63, 3.8) is 0 Å². The highest BCUT2D eigenvalue weighted by Gasteiger charge is 2.27. The molecule has 0 radical (unpaired) electrons. The van der Waals surface area contributed by atoms with Crippen LogP contribution in [0.5, 0.6) is 5.75 Å². The molecule has 0 heterocycles. The summed E-state index contributed by atoms with van der Waals surface area (Å²) in [6, 6.07) is 12.5. The molecule has 0 aliphatic heterocycles. The third-order valence-corrected chi connectivity index (χ3v) is 3.75. The molecule has 2 aromatic rings. The van der Waals surface area contributed by atoms with Crippen molar-refractivity contribution in [2.45, 2.75) is 12.3 Å². The van der Waals surface area contributed by atoms with E-state index >= 15 is 0 Å². The predicted molar refractivity (Wildman–Crippen MR) is 76.5 cm³/mol. The SMILES string of the molecule is O=[N+]([O-])c1ccc(Cl)cc1OCC1Cc2ccccc21. The first-order valence-electron chi connectivity index (χ1n) is 6.29. The lowest BCUT2D eigenvalue weighted by molar-refractivity contribution is -0.385. The van der Waals surface area contributed by atoms with Crippen molar-refractivity contribution in [2.24, 2.45) is 0 Å². The minimum atomic E-state index is -0.458. The first kappa shape index (κ1) is 12.9. The second kappa shape index (κ2) is 5.13. The number of nitro groups is 1. The Morgan fingerprint density at radius 3 is 2.85 bits per heavy atom. The van der Waals surface area contributed by atoms with E-state index < -0.39 is 4.92 Å². The minimum absolute atomic E-state index is 0.0537. The first-order chi connectivity index (χ1) is 9.65. The molecule has 0 spiro atoms. The molecule has 0 fully saturated rings. The Balaban J connectivity index is 1.74. The van der Waals surface area contributed by atoms with Crippen LogP contribution in [0.25, 0.3) is 0 Å². The average Bonchev–Trinajstić information content (AvgIpc) is 2.39. The predicted octanol–water partition coefficient (Wildman–Crippen LogP) is 3.97. The number of nitro benzene ring substituents is 1. The second-order valence-corrected chi connectivity index (χ2v) is 5.22. The highest BCUT2D eigenvalue weighted by molar-refractivity contribution is 6.30. The second-order valence-electron chi connectivity index (χ2n) is 4.78. The number of ether oxygens (including phenoxy) is 1. The standard InChI is InChI=1S/C15H12ClNO3/c16-12-5-6-14(17(18)19)15(8-12)20-9-11-7-10-3-1-2-4-13(10)11/h1-6,8,11H,7,9H2. The van der Waals surface area contributed by atoms with Crippen LogP contribution in [0, 0.1) is 10.1 Å². The number of hydrogen-bond acceptors (Lipinski definition) is 3. The van der Waals surface area contributed by atoms with Gasteiger partial charge in [-0.3, -0.25) is 10.1 Å². The van der Waals surface area contributed by atoms with Gasteiger partial charge in [0.1, 0.15) is 0 Å². The molecule has 3 rings (SSSR count). The summed E-state index contributed by atoms with van der Waals surface area (Å²) in [6.45, 7) is 0.429. The number of nitrogens with zero attached hydrogens (tertiary/aromatic N) is 1. The fourth-order valence-electron chi connectivity index (χ4n) is 2.46. The summed E-state index contributed by atoms with van der Waals surface area (Å²) in [7, 11) is 0. The summed E-state index contributed by atoms with van der Waals surface area (Å²) in [5, 5.41) is 11.4. The van der Waals surface area contributed by atoms with Crippen LogP contribution >= 0.6 is 11.6 Å². The largest absolute Gasteiger partial charge is 0.486 e. The van der Waals surface area contributed by atoms with Gasteiger partial charge in [-0.25, -0.2) is 0 Å². The van der Waals surface area contributed by atoms with Crippen LogP contribution in [0.1, 0.15) is 17.0 Å². The molecule has 102 valence electrons. The Kier molecular flexibility index (Phi) is 3.32. The third-order valence-electron chi connectivity index (χ3n) is 3.52. The van der Waals surface area contributed by atoms with E-state index in [0.29, 0.717) is 17.5 Å². The molecule has 1 atom stereocenters. The molecule has 5 heteroatoms. The number of halogens is 1. The minimum Gasteiger partial charge on any atom is -0.486 e. The highest BCUT2D eigenvalue weighted by Crippen LogP contribution is 2.37. The van der Waals surface area contributed by atoms with Crippen LogP contribution in [-0.2, 0) is 6.42 Å². The highest BCUT2D eigenvalue weighted by atomic mass is 35.5. The van der Waals surface area contributed by atoms with Gasteiger partial charge >= 0.3 is 5.69 Å². The Morgan fingerprint density at radius 2 is 2.10 bits per heavy atom. The lowest BCUT2D eigenvalue weighted by Crippen LogP contribution is -2.23. The normalized spacial score (nSPS) is 16.1. The van der Waals surface area contributed by atoms with Crippen molar-refractivity contribution in [2.75, 3.05) is 6.61 Å². The summed E-state index contributed by atoms with van der Waals surface area (Å²) in [6.07, 6.45) is 0.949. The van der Waals surface area contributed by atoms with E-state index in [0.717, 1.165) is 6.42 Å². The topological polar surface area (TPSA) is 52.4 Å². The number of rotatable bonds is 4. The average molecular weight is 290 g/mol. The molecular weight excluding hydrogens is 278 g/mol. The maximum atomic E-state index is 10.9. The van der Waals surface area contributed by atoms with Crippen molar-refractivity contribution >= 4 is 17.3 Å². The van der Waals surface area contributed by atoms with Crippen molar-refractivity contribution < 1.29 is 9.66 Å². The molecule has 1 unspecified atom stereocenters. The molecule has 1 aliphatic carbocycles. The molecule has 0 N–H and O–H groups in total. The van der Waals surface area contributed by atoms with Crippen molar-refractivity contribution in [1.82, 2.24) is 0 Å². The molecule has 4 nitrogen and oxygen atoms in total. The first-order valence-corrected chi connectivity index (χ1v) is 6.67. The summed E-state index contributed by atoms with van der Waals surface area (Å²) in [5.74, 6) is 0.525. The smallest absolute Gasteiger partial charge is 0.311 e. The maximum Gasteiger partial charge on any atom is 0.311 e. The van der Waals surface area contributed by atoms with Gasteiger partial charge in [0.2, 0.25) is 0 Å². The fourth-order valence-corrected chi connectivity index (χ4v) is 2.62. The van der Waals surface area contributed by atoms with Gasteiger partial charge in [-0.1, -0.05) is 35.9 Å². The maximum absolute atomic E-state index is 10.9. The van der Waals surface area contributed by atoms with Crippen LogP contribution in [0.3, 0.4) is 0 Å². The van der Waals surface area contributed by atoms with Crippen molar-refractivity contribution in [1.29, 1.82) is 0 Å². The number of hydrogen-bond donors (Lipinski definition) is 0. The van der Waals surface area contributed by atoms with Crippen LogP contribution in [-0.4, -0.2) is 11.5 Å². The molecule has 2 aromatic carbocycles. The number of benzene rings is 2. The number of fused-ring (bicyclic) bond motifs is 1. The lowest BCUT2D eigenvalue weighted by atomic mass is 9.78. The third kappa shape index (κ3) is 2.34. The van der Waals surface area contributed by atoms with E-state index in [2.05, 4.69) is 12.1 Å². The Labute approximate surface area is 121 Å². The molecule has 0 aromatic heterocycles. The van der Waals surface area contributed by atoms with Crippen LogP contribution in [0.4, 0.5) is 5.69 Å². The van der Waals surface area contributed by atoms with E-state index in [1.807, 2.05) is 12.1 Å². The monoisotopic (exact) mass is 289 g/mol. The van der Waals surface area contributed by atoms with E-state index in [-0.39, 0.29) is 11.4 Å². The van der Waals surface area contributed by atoms with Gasteiger partial charge < -0.3 is 4.74 Å². The zero-order valence-corrected chi connectivity index (χ0v) is 11.3.